The van der Waals surface area contributed by atoms with Crippen molar-refractivity contribution in [1.29, 1.82) is 0 Å². The Morgan fingerprint density at radius 1 is 1.19 bits per heavy atom. The summed E-state index contributed by atoms with van der Waals surface area (Å²) in [4.78, 5) is 15.0. The first-order valence-corrected chi connectivity index (χ1v) is 12.8. The molecule has 2 heterocycles. The molecule has 0 bridgehead atoms. The fourth-order valence-corrected chi connectivity index (χ4v) is 5.21. The summed E-state index contributed by atoms with van der Waals surface area (Å²) in [7, 11) is -3.65. The molecule has 4 rings (SSSR count). The van der Waals surface area contributed by atoms with Gasteiger partial charge in [-0.2, -0.15) is 0 Å². The maximum absolute atomic E-state index is 12.7. The molecule has 0 saturated carbocycles. The van der Waals surface area contributed by atoms with Crippen molar-refractivity contribution in [2.24, 2.45) is 5.41 Å². The Bertz CT molecular complexity index is 1140. The van der Waals surface area contributed by atoms with Crippen molar-refractivity contribution in [3.63, 3.8) is 0 Å². The number of amides is 1. The van der Waals surface area contributed by atoms with Crippen LogP contribution < -0.4 is 14.9 Å². The molecule has 2 aromatic rings. The van der Waals surface area contributed by atoms with Crippen molar-refractivity contribution in [2.75, 3.05) is 42.8 Å². The Hall–Kier alpha value is -2.58. The third-order valence-electron chi connectivity index (χ3n) is 6.18. The highest BCUT2D eigenvalue weighted by Gasteiger charge is 2.38. The molecule has 8 heteroatoms. The van der Waals surface area contributed by atoms with E-state index in [0.29, 0.717) is 11.3 Å². The molecule has 0 aromatic heterocycles. The molecule has 2 aliphatic rings. The van der Waals surface area contributed by atoms with E-state index in [1.165, 1.54) is 11.3 Å². The van der Waals surface area contributed by atoms with Gasteiger partial charge in [0.05, 0.1) is 36.8 Å². The Balaban J connectivity index is 1.72. The Morgan fingerprint density at radius 3 is 2.59 bits per heavy atom. The number of fused-ring (bicyclic) bond motifs is 1. The molecule has 172 valence electrons. The van der Waals surface area contributed by atoms with Gasteiger partial charge in [0.15, 0.2) is 0 Å². The molecule has 2 aliphatic heterocycles. The van der Waals surface area contributed by atoms with Gasteiger partial charge in [0.1, 0.15) is 0 Å². The van der Waals surface area contributed by atoms with Crippen molar-refractivity contribution < 1.29 is 17.9 Å². The molecule has 0 radical (unpaired) electrons. The van der Waals surface area contributed by atoms with Crippen LogP contribution in [-0.4, -0.2) is 46.9 Å². The standard InChI is InChI=1S/C24H31N3O4S/c1-16-12-18(14-19(13-16)27-8-10-31-11-9-27)22-24(2,3)15-17-6-5-7-20(21(17)25-22)23(28)26-32(4,29)30/h5-7,12-14,22,25H,8-11,15H2,1-4H3,(H,26,28). The molecule has 1 saturated heterocycles. The molecule has 0 aliphatic carbocycles. The number of hydrogen-bond donors (Lipinski definition) is 2. The van der Waals surface area contributed by atoms with Gasteiger partial charge in [-0.25, -0.2) is 13.1 Å². The molecular weight excluding hydrogens is 426 g/mol. The Kier molecular flexibility index (Phi) is 5.94. The monoisotopic (exact) mass is 457 g/mol. The zero-order valence-electron chi connectivity index (χ0n) is 19.1. The van der Waals surface area contributed by atoms with E-state index in [0.717, 1.165) is 50.1 Å². The number of anilines is 2. The predicted molar refractivity (Wildman–Crippen MR) is 127 cm³/mol. The summed E-state index contributed by atoms with van der Waals surface area (Å²) in [5.41, 5.74) is 5.44. The molecule has 2 N–H and O–H groups in total. The lowest BCUT2D eigenvalue weighted by Crippen LogP contribution is -2.38. The number of carbonyl (C=O) groups is 1. The number of carbonyl (C=O) groups excluding carboxylic acids is 1. The number of morpholine rings is 1. The summed E-state index contributed by atoms with van der Waals surface area (Å²) < 4.78 is 30.9. The van der Waals surface area contributed by atoms with Crippen molar-refractivity contribution in [3.8, 4) is 0 Å². The quantitative estimate of drug-likeness (QED) is 0.733. The second kappa shape index (κ2) is 8.41. The van der Waals surface area contributed by atoms with E-state index in [4.69, 9.17) is 4.74 Å². The number of para-hydroxylation sites is 1. The van der Waals surface area contributed by atoms with E-state index >= 15 is 0 Å². The van der Waals surface area contributed by atoms with Gasteiger partial charge < -0.3 is 15.0 Å². The fourth-order valence-electron chi connectivity index (χ4n) is 4.76. The van der Waals surface area contributed by atoms with Crippen LogP contribution >= 0.6 is 0 Å². The van der Waals surface area contributed by atoms with Crippen LogP contribution in [0.15, 0.2) is 36.4 Å². The van der Waals surface area contributed by atoms with Crippen molar-refractivity contribution in [3.05, 3.63) is 58.7 Å². The maximum Gasteiger partial charge on any atom is 0.266 e. The summed E-state index contributed by atoms with van der Waals surface area (Å²) in [6.45, 7) is 9.71. The van der Waals surface area contributed by atoms with E-state index < -0.39 is 15.9 Å². The van der Waals surface area contributed by atoms with Gasteiger partial charge in [-0.15, -0.1) is 0 Å². The number of nitrogens with one attached hydrogen (secondary N) is 2. The fraction of sp³-hybridized carbons (Fsp3) is 0.458. The smallest absolute Gasteiger partial charge is 0.266 e. The molecule has 2 aromatic carbocycles. The molecule has 1 unspecified atom stereocenters. The van der Waals surface area contributed by atoms with Crippen LogP contribution in [0.1, 0.15) is 46.9 Å². The molecule has 1 atom stereocenters. The SMILES string of the molecule is Cc1cc(C2Nc3c(cccc3C(=O)NS(C)(=O)=O)CC2(C)C)cc(N2CCOCC2)c1. The lowest BCUT2D eigenvalue weighted by Gasteiger charge is -2.42. The van der Waals surface area contributed by atoms with Gasteiger partial charge in [0.2, 0.25) is 10.0 Å². The summed E-state index contributed by atoms with van der Waals surface area (Å²) in [6, 6.07) is 12.0. The van der Waals surface area contributed by atoms with Crippen molar-refractivity contribution in [2.45, 2.75) is 33.2 Å². The van der Waals surface area contributed by atoms with Crippen LogP contribution in [0.3, 0.4) is 0 Å². The summed E-state index contributed by atoms with van der Waals surface area (Å²) in [5, 5.41) is 3.60. The number of hydrogen-bond acceptors (Lipinski definition) is 6. The van der Waals surface area contributed by atoms with Crippen LogP contribution in [0, 0.1) is 12.3 Å². The second-order valence-corrected chi connectivity index (χ2v) is 11.2. The molecule has 1 amide bonds. The van der Waals surface area contributed by atoms with E-state index in [2.05, 4.69) is 53.9 Å². The Morgan fingerprint density at radius 2 is 1.91 bits per heavy atom. The molecule has 7 nitrogen and oxygen atoms in total. The first-order valence-electron chi connectivity index (χ1n) is 10.9. The van der Waals surface area contributed by atoms with Crippen molar-refractivity contribution in [1.82, 2.24) is 4.72 Å². The average molecular weight is 458 g/mol. The Labute approximate surface area is 190 Å². The van der Waals surface area contributed by atoms with Gasteiger partial charge in [0.25, 0.3) is 5.91 Å². The van der Waals surface area contributed by atoms with Crippen LogP contribution in [0.25, 0.3) is 0 Å². The van der Waals surface area contributed by atoms with Crippen LogP contribution in [0.2, 0.25) is 0 Å². The lowest BCUT2D eigenvalue weighted by molar-refractivity contribution is 0.0981. The van der Waals surface area contributed by atoms with Crippen LogP contribution in [0.4, 0.5) is 11.4 Å². The minimum absolute atomic E-state index is 0.0399. The predicted octanol–water partition coefficient (Wildman–Crippen LogP) is 3.26. The largest absolute Gasteiger partial charge is 0.378 e. The summed E-state index contributed by atoms with van der Waals surface area (Å²) in [5.74, 6) is -0.617. The molecular formula is C24H31N3O4S. The third-order valence-corrected chi connectivity index (χ3v) is 6.74. The topological polar surface area (TPSA) is 87.7 Å². The van der Waals surface area contributed by atoms with E-state index in [1.807, 2.05) is 6.07 Å². The average Bonchev–Trinajstić information content (AvgIpc) is 2.71. The van der Waals surface area contributed by atoms with Crippen LogP contribution in [-0.2, 0) is 21.2 Å². The summed E-state index contributed by atoms with van der Waals surface area (Å²) in [6.07, 6.45) is 1.75. The highest BCUT2D eigenvalue weighted by atomic mass is 32.2. The molecule has 1 fully saturated rings. The number of aryl methyl sites for hydroxylation is 1. The van der Waals surface area contributed by atoms with E-state index in [1.54, 1.807) is 12.1 Å². The van der Waals surface area contributed by atoms with Crippen molar-refractivity contribution >= 4 is 27.3 Å². The first-order chi connectivity index (χ1) is 15.0. The van der Waals surface area contributed by atoms with Gasteiger partial charge in [-0.05, 0) is 53.6 Å². The number of benzene rings is 2. The highest BCUT2D eigenvalue weighted by Crippen LogP contribution is 2.46. The van der Waals surface area contributed by atoms with Gasteiger partial charge in [-0.1, -0.05) is 32.0 Å². The lowest BCUT2D eigenvalue weighted by atomic mass is 9.72. The van der Waals surface area contributed by atoms with E-state index in [9.17, 15) is 13.2 Å². The highest BCUT2D eigenvalue weighted by molar-refractivity contribution is 7.89. The maximum atomic E-state index is 12.7. The zero-order chi connectivity index (χ0) is 23.1. The number of rotatable bonds is 4. The van der Waals surface area contributed by atoms with Gasteiger partial charge in [-0.3, -0.25) is 4.79 Å². The third kappa shape index (κ3) is 4.76. The summed E-state index contributed by atoms with van der Waals surface area (Å²) >= 11 is 0. The normalized spacial score (nSPS) is 20.2. The molecule has 0 spiro atoms. The minimum atomic E-state index is -3.65. The van der Waals surface area contributed by atoms with Crippen LogP contribution in [0.5, 0.6) is 0 Å². The van der Waals surface area contributed by atoms with Gasteiger partial charge in [0, 0.05) is 18.8 Å². The number of sulfonamides is 1. The number of ether oxygens (including phenoxy) is 1. The molecule has 32 heavy (non-hydrogen) atoms. The zero-order valence-corrected chi connectivity index (χ0v) is 19.9. The van der Waals surface area contributed by atoms with E-state index in [-0.39, 0.29) is 11.5 Å². The second-order valence-electron chi connectivity index (χ2n) is 9.49. The number of nitrogens with zero attached hydrogens (tertiary/aromatic N) is 1. The first kappa shape index (κ1) is 22.6. The minimum Gasteiger partial charge on any atom is -0.378 e. The van der Waals surface area contributed by atoms with Gasteiger partial charge >= 0.3 is 0 Å².